The SMILES string of the molecule is C[C@@H]1CCCCN1CC(=O)NCc1ccc(-c2ccnc3nc(C(F)(F)F)nn23)cc1. The number of nitrogens with zero attached hydrogens (tertiary/aromatic N) is 5. The first-order chi connectivity index (χ1) is 14.8. The van der Waals surface area contributed by atoms with Gasteiger partial charge in [-0.2, -0.15) is 22.7 Å². The summed E-state index contributed by atoms with van der Waals surface area (Å²) in [6.07, 6.45) is 0.209. The Morgan fingerprint density at radius 1 is 1.19 bits per heavy atom. The number of carbonyl (C=O) groups excluding carboxylic acids is 1. The summed E-state index contributed by atoms with van der Waals surface area (Å²) in [5.74, 6) is -1.36. The van der Waals surface area contributed by atoms with Gasteiger partial charge in [0.15, 0.2) is 0 Å². The Kier molecular flexibility index (Phi) is 5.90. The molecule has 1 amide bonds. The molecule has 7 nitrogen and oxygen atoms in total. The lowest BCUT2D eigenvalue weighted by molar-refractivity contribution is -0.144. The van der Waals surface area contributed by atoms with Crippen LogP contribution in [0.1, 0.15) is 37.6 Å². The van der Waals surface area contributed by atoms with Crippen LogP contribution >= 0.6 is 0 Å². The van der Waals surface area contributed by atoms with E-state index in [0.29, 0.717) is 30.4 Å². The zero-order valence-electron chi connectivity index (χ0n) is 17.1. The van der Waals surface area contributed by atoms with Gasteiger partial charge in [0.05, 0.1) is 12.2 Å². The molecule has 164 valence electrons. The minimum Gasteiger partial charge on any atom is -0.351 e. The smallest absolute Gasteiger partial charge is 0.351 e. The fourth-order valence-corrected chi connectivity index (χ4v) is 3.76. The first-order valence-corrected chi connectivity index (χ1v) is 10.2. The molecule has 1 saturated heterocycles. The number of piperidine rings is 1. The molecule has 0 spiro atoms. The molecule has 0 aliphatic carbocycles. The third kappa shape index (κ3) is 4.84. The maximum atomic E-state index is 12.9. The highest BCUT2D eigenvalue weighted by atomic mass is 19.4. The van der Waals surface area contributed by atoms with Gasteiger partial charge in [-0.25, -0.2) is 4.98 Å². The number of fused-ring (bicyclic) bond motifs is 1. The van der Waals surface area contributed by atoms with Gasteiger partial charge < -0.3 is 5.32 Å². The average molecular weight is 432 g/mol. The van der Waals surface area contributed by atoms with Gasteiger partial charge in [-0.3, -0.25) is 9.69 Å². The number of carbonyl (C=O) groups is 1. The molecule has 1 atom stereocenters. The second-order valence-corrected chi connectivity index (χ2v) is 7.76. The Labute approximate surface area is 177 Å². The molecule has 1 N–H and O–H groups in total. The van der Waals surface area contributed by atoms with Gasteiger partial charge in [-0.15, -0.1) is 5.10 Å². The zero-order chi connectivity index (χ0) is 22.0. The quantitative estimate of drug-likeness (QED) is 0.670. The molecule has 10 heteroatoms. The minimum absolute atomic E-state index is 0.0176. The molecule has 3 heterocycles. The number of aromatic nitrogens is 4. The summed E-state index contributed by atoms with van der Waals surface area (Å²) in [5, 5.41) is 6.49. The molecule has 3 aromatic rings. The van der Waals surface area contributed by atoms with Crippen molar-refractivity contribution >= 4 is 11.7 Å². The number of hydrogen-bond acceptors (Lipinski definition) is 5. The second kappa shape index (κ2) is 8.62. The monoisotopic (exact) mass is 432 g/mol. The van der Waals surface area contributed by atoms with E-state index >= 15 is 0 Å². The topological polar surface area (TPSA) is 75.4 Å². The van der Waals surface area contributed by atoms with Gasteiger partial charge in [-0.05, 0) is 37.9 Å². The Balaban J connectivity index is 1.42. The number of hydrogen-bond donors (Lipinski definition) is 1. The van der Waals surface area contributed by atoms with Gasteiger partial charge in [0, 0.05) is 24.3 Å². The van der Waals surface area contributed by atoms with E-state index in [0.717, 1.165) is 29.5 Å². The molecule has 2 aromatic heterocycles. The van der Waals surface area contributed by atoms with Crippen molar-refractivity contribution < 1.29 is 18.0 Å². The first-order valence-electron chi connectivity index (χ1n) is 10.2. The first kappa shape index (κ1) is 21.2. The third-order valence-electron chi connectivity index (χ3n) is 5.52. The van der Waals surface area contributed by atoms with E-state index in [1.807, 2.05) is 12.1 Å². The van der Waals surface area contributed by atoms with Crippen molar-refractivity contribution in [3.63, 3.8) is 0 Å². The summed E-state index contributed by atoms with van der Waals surface area (Å²) in [4.78, 5) is 21.8. The van der Waals surface area contributed by atoms with Gasteiger partial charge in [0.2, 0.25) is 5.91 Å². The van der Waals surface area contributed by atoms with Gasteiger partial charge in [0.25, 0.3) is 11.6 Å². The largest absolute Gasteiger partial charge is 0.453 e. The van der Waals surface area contributed by atoms with Gasteiger partial charge in [-0.1, -0.05) is 30.7 Å². The van der Waals surface area contributed by atoms with Crippen LogP contribution in [-0.2, 0) is 17.5 Å². The van der Waals surface area contributed by atoms with Crippen LogP contribution in [0.15, 0.2) is 36.5 Å². The molecule has 1 fully saturated rings. The number of alkyl halides is 3. The highest BCUT2D eigenvalue weighted by Gasteiger charge is 2.36. The number of rotatable bonds is 5. The Hall–Kier alpha value is -3.01. The van der Waals surface area contributed by atoms with Crippen LogP contribution in [0.5, 0.6) is 0 Å². The van der Waals surface area contributed by atoms with Crippen LogP contribution in [0.4, 0.5) is 13.2 Å². The Morgan fingerprint density at radius 3 is 2.68 bits per heavy atom. The Morgan fingerprint density at radius 2 is 1.97 bits per heavy atom. The highest BCUT2D eigenvalue weighted by molar-refractivity contribution is 5.78. The van der Waals surface area contributed by atoms with E-state index in [-0.39, 0.29) is 11.7 Å². The van der Waals surface area contributed by atoms with Crippen LogP contribution in [-0.4, -0.2) is 49.5 Å². The summed E-state index contributed by atoms with van der Waals surface area (Å²) in [5.41, 5.74) is 2.01. The fourth-order valence-electron chi connectivity index (χ4n) is 3.76. The lowest BCUT2D eigenvalue weighted by Gasteiger charge is -2.32. The minimum atomic E-state index is -4.64. The van der Waals surface area contributed by atoms with E-state index < -0.39 is 12.0 Å². The van der Waals surface area contributed by atoms with E-state index in [4.69, 9.17) is 0 Å². The lowest BCUT2D eigenvalue weighted by Crippen LogP contribution is -2.44. The van der Waals surface area contributed by atoms with Crippen molar-refractivity contribution in [1.29, 1.82) is 0 Å². The molecule has 1 aliphatic rings. The van der Waals surface area contributed by atoms with Crippen molar-refractivity contribution in [2.45, 2.75) is 44.9 Å². The van der Waals surface area contributed by atoms with Crippen LogP contribution < -0.4 is 5.32 Å². The molecular formula is C21H23F3N6O. The normalized spacial score (nSPS) is 17.7. The number of benzene rings is 1. The summed E-state index contributed by atoms with van der Waals surface area (Å²) in [7, 11) is 0. The van der Waals surface area contributed by atoms with Crippen LogP contribution in [0, 0.1) is 0 Å². The predicted molar refractivity (Wildman–Crippen MR) is 108 cm³/mol. The molecule has 31 heavy (non-hydrogen) atoms. The van der Waals surface area contributed by atoms with Crippen LogP contribution in [0.3, 0.4) is 0 Å². The molecule has 0 unspecified atom stereocenters. The second-order valence-electron chi connectivity index (χ2n) is 7.76. The van der Waals surface area contributed by atoms with Crippen molar-refractivity contribution in [3.05, 3.63) is 47.9 Å². The van der Waals surface area contributed by atoms with E-state index in [1.54, 1.807) is 18.2 Å². The van der Waals surface area contributed by atoms with Crippen molar-refractivity contribution in [2.75, 3.05) is 13.1 Å². The highest BCUT2D eigenvalue weighted by Crippen LogP contribution is 2.28. The summed E-state index contributed by atoms with van der Waals surface area (Å²) in [6.45, 7) is 3.87. The van der Waals surface area contributed by atoms with E-state index in [2.05, 4.69) is 32.2 Å². The van der Waals surface area contributed by atoms with Gasteiger partial charge in [0.1, 0.15) is 0 Å². The maximum Gasteiger partial charge on any atom is 0.453 e. The van der Waals surface area contributed by atoms with E-state index in [9.17, 15) is 18.0 Å². The summed E-state index contributed by atoms with van der Waals surface area (Å²) >= 11 is 0. The molecule has 1 aliphatic heterocycles. The number of halogens is 3. The zero-order valence-corrected chi connectivity index (χ0v) is 17.1. The third-order valence-corrected chi connectivity index (χ3v) is 5.52. The summed E-state index contributed by atoms with van der Waals surface area (Å²) in [6, 6.07) is 9.21. The maximum absolute atomic E-state index is 12.9. The fraction of sp³-hybridized carbons (Fsp3) is 0.429. The van der Waals surface area contributed by atoms with Crippen molar-refractivity contribution in [3.8, 4) is 11.3 Å². The molecule has 0 saturated carbocycles. The molecule has 4 rings (SSSR count). The average Bonchev–Trinajstić information content (AvgIpc) is 3.19. The number of amides is 1. The lowest BCUT2D eigenvalue weighted by atomic mass is 10.0. The molecular weight excluding hydrogens is 409 g/mol. The van der Waals surface area contributed by atoms with Crippen LogP contribution in [0.25, 0.3) is 17.0 Å². The van der Waals surface area contributed by atoms with Crippen molar-refractivity contribution in [2.24, 2.45) is 0 Å². The number of nitrogens with one attached hydrogen (secondary N) is 1. The van der Waals surface area contributed by atoms with Gasteiger partial charge >= 0.3 is 6.18 Å². The Bertz CT molecular complexity index is 1060. The standard InChI is InChI=1S/C21H23F3N6O/c1-14-4-2-3-11-29(14)13-18(31)26-12-15-5-7-16(8-6-15)17-9-10-25-20-27-19(21(22,23)24)28-30(17)20/h5-10,14H,2-4,11-13H2,1H3,(H,26,31)/t14-/m1/s1. The predicted octanol–water partition coefficient (Wildman–Crippen LogP) is 3.30. The van der Waals surface area contributed by atoms with Crippen molar-refractivity contribution in [1.82, 2.24) is 29.8 Å². The molecule has 0 radical (unpaired) electrons. The molecule has 1 aromatic carbocycles. The molecule has 0 bridgehead atoms. The van der Waals surface area contributed by atoms with Crippen LogP contribution in [0.2, 0.25) is 0 Å². The summed E-state index contributed by atoms with van der Waals surface area (Å²) < 4.78 is 39.9. The number of likely N-dealkylation sites (tertiary alicyclic amines) is 1. The van der Waals surface area contributed by atoms with E-state index in [1.165, 1.54) is 12.6 Å².